The summed E-state index contributed by atoms with van der Waals surface area (Å²) in [6.07, 6.45) is 0. The molecular formula is C19H26ClN3O3S. The molecule has 148 valence electrons. The van der Waals surface area contributed by atoms with Gasteiger partial charge in [0.15, 0.2) is 0 Å². The Morgan fingerprint density at radius 1 is 1.07 bits per heavy atom. The van der Waals surface area contributed by atoms with E-state index in [0.29, 0.717) is 29.9 Å². The maximum atomic E-state index is 12.8. The fraction of sp³-hybridized carbons (Fsp3) is 0.316. The number of halogens is 1. The Labute approximate surface area is 167 Å². The number of carbonyl (C=O) groups is 1. The van der Waals surface area contributed by atoms with Gasteiger partial charge in [-0.3, -0.25) is 9.52 Å². The molecule has 0 aromatic heterocycles. The van der Waals surface area contributed by atoms with E-state index in [4.69, 9.17) is 0 Å². The van der Waals surface area contributed by atoms with Crippen molar-refractivity contribution in [3.63, 3.8) is 0 Å². The Balaban J connectivity index is 0.00000364. The molecule has 8 heteroatoms. The minimum atomic E-state index is -3.79. The second-order valence-corrected chi connectivity index (χ2v) is 7.93. The van der Waals surface area contributed by atoms with Crippen molar-refractivity contribution in [2.75, 3.05) is 31.9 Å². The average molecular weight is 412 g/mol. The van der Waals surface area contributed by atoms with Crippen molar-refractivity contribution in [1.82, 2.24) is 10.2 Å². The topological polar surface area (TPSA) is 78.5 Å². The molecule has 2 aromatic carbocycles. The Morgan fingerprint density at radius 2 is 1.70 bits per heavy atom. The molecule has 6 nitrogen and oxygen atoms in total. The molecule has 0 saturated heterocycles. The molecule has 2 aromatic rings. The first kappa shape index (κ1) is 23.0. The number of nitrogens with zero attached hydrogens (tertiary/aromatic N) is 1. The highest BCUT2D eigenvalue weighted by Gasteiger charge is 2.20. The second-order valence-electron chi connectivity index (χ2n) is 6.28. The first-order valence-corrected chi connectivity index (χ1v) is 9.83. The standard InChI is InChI=1S/C19H25N3O3S.ClH/c1-14-5-9-17(10-6-14)21-26(24,25)18-13-16(8-7-15(18)2)19(23)22(4)12-11-20-3;/h5-10,13,20-21H,11-12H2,1-4H3;1H. The van der Waals surface area contributed by atoms with Crippen molar-refractivity contribution in [1.29, 1.82) is 0 Å². The van der Waals surface area contributed by atoms with Crippen LogP contribution in [0.2, 0.25) is 0 Å². The monoisotopic (exact) mass is 411 g/mol. The van der Waals surface area contributed by atoms with Crippen LogP contribution in [0.25, 0.3) is 0 Å². The van der Waals surface area contributed by atoms with E-state index in [9.17, 15) is 13.2 Å². The van der Waals surface area contributed by atoms with E-state index in [0.717, 1.165) is 5.56 Å². The van der Waals surface area contributed by atoms with Gasteiger partial charge in [0.1, 0.15) is 0 Å². The predicted molar refractivity (Wildman–Crippen MR) is 111 cm³/mol. The maximum Gasteiger partial charge on any atom is 0.262 e. The summed E-state index contributed by atoms with van der Waals surface area (Å²) in [7, 11) is -0.285. The highest BCUT2D eigenvalue weighted by Crippen LogP contribution is 2.21. The lowest BCUT2D eigenvalue weighted by Gasteiger charge is -2.18. The third kappa shape index (κ3) is 5.95. The first-order chi connectivity index (χ1) is 12.2. The highest BCUT2D eigenvalue weighted by molar-refractivity contribution is 7.92. The van der Waals surface area contributed by atoms with Crippen molar-refractivity contribution in [2.24, 2.45) is 0 Å². The van der Waals surface area contributed by atoms with E-state index < -0.39 is 10.0 Å². The lowest BCUT2D eigenvalue weighted by atomic mass is 10.1. The van der Waals surface area contributed by atoms with Crippen LogP contribution in [0.5, 0.6) is 0 Å². The highest BCUT2D eigenvalue weighted by atomic mass is 35.5. The van der Waals surface area contributed by atoms with E-state index in [1.807, 2.05) is 26.1 Å². The van der Waals surface area contributed by atoms with Gasteiger partial charge in [0, 0.05) is 31.4 Å². The smallest absolute Gasteiger partial charge is 0.262 e. The van der Waals surface area contributed by atoms with Gasteiger partial charge in [0.2, 0.25) is 0 Å². The SMILES string of the molecule is CNCCN(C)C(=O)c1ccc(C)c(S(=O)(=O)Nc2ccc(C)cc2)c1.Cl. The number of rotatable bonds is 7. The largest absolute Gasteiger partial charge is 0.340 e. The fourth-order valence-corrected chi connectivity index (χ4v) is 3.79. The number of hydrogen-bond donors (Lipinski definition) is 2. The Morgan fingerprint density at radius 3 is 2.30 bits per heavy atom. The number of hydrogen-bond acceptors (Lipinski definition) is 4. The van der Waals surface area contributed by atoms with Crippen LogP contribution in [-0.2, 0) is 10.0 Å². The molecule has 0 radical (unpaired) electrons. The molecule has 0 spiro atoms. The summed E-state index contributed by atoms with van der Waals surface area (Å²) in [5.74, 6) is -0.216. The van der Waals surface area contributed by atoms with E-state index in [-0.39, 0.29) is 23.2 Å². The minimum Gasteiger partial charge on any atom is -0.340 e. The molecule has 0 aliphatic carbocycles. The van der Waals surface area contributed by atoms with Crippen LogP contribution in [0.3, 0.4) is 0 Å². The summed E-state index contributed by atoms with van der Waals surface area (Å²) in [5, 5.41) is 2.98. The van der Waals surface area contributed by atoms with Crippen molar-refractivity contribution in [3.8, 4) is 0 Å². The summed E-state index contributed by atoms with van der Waals surface area (Å²) in [6, 6.07) is 11.8. The van der Waals surface area contributed by atoms with Gasteiger partial charge < -0.3 is 10.2 Å². The zero-order valence-corrected chi connectivity index (χ0v) is 17.6. The fourth-order valence-electron chi connectivity index (χ4n) is 2.46. The van der Waals surface area contributed by atoms with Crippen LogP contribution < -0.4 is 10.0 Å². The van der Waals surface area contributed by atoms with Crippen LogP contribution in [0, 0.1) is 13.8 Å². The summed E-state index contributed by atoms with van der Waals surface area (Å²) >= 11 is 0. The van der Waals surface area contributed by atoms with Crippen molar-refractivity contribution in [2.45, 2.75) is 18.7 Å². The molecule has 2 N–H and O–H groups in total. The zero-order chi connectivity index (χ0) is 19.3. The normalized spacial score (nSPS) is 10.8. The number of benzene rings is 2. The quantitative estimate of drug-likeness (QED) is 0.734. The summed E-state index contributed by atoms with van der Waals surface area (Å²) in [5.41, 5.74) is 2.46. The van der Waals surface area contributed by atoms with Crippen LogP contribution in [0.4, 0.5) is 5.69 Å². The number of amides is 1. The van der Waals surface area contributed by atoms with E-state index in [1.165, 1.54) is 6.07 Å². The maximum absolute atomic E-state index is 12.8. The minimum absolute atomic E-state index is 0. The van der Waals surface area contributed by atoms with Crippen LogP contribution in [0.1, 0.15) is 21.5 Å². The van der Waals surface area contributed by atoms with Crippen LogP contribution in [-0.4, -0.2) is 46.4 Å². The summed E-state index contributed by atoms with van der Waals surface area (Å²) in [6.45, 7) is 4.84. The number of nitrogens with one attached hydrogen (secondary N) is 2. The number of carbonyl (C=O) groups excluding carboxylic acids is 1. The van der Waals surface area contributed by atoms with Gasteiger partial charge in [0.25, 0.3) is 15.9 Å². The van der Waals surface area contributed by atoms with Gasteiger partial charge in [-0.05, 0) is 50.7 Å². The van der Waals surface area contributed by atoms with Crippen molar-refractivity contribution >= 4 is 34.0 Å². The van der Waals surface area contributed by atoms with E-state index >= 15 is 0 Å². The molecule has 0 saturated carbocycles. The summed E-state index contributed by atoms with van der Waals surface area (Å²) < 4.78 is 28.1. The molecule has 0 unspecified atom stereocenters. The van der Waals surface area contributed by atoms with E-state index in [2.05, 4.69) is 10.0 Å². The Kier molecular flexibility index (Phi) is 8.27. The third-order valence-electron chi connectivity index (χ3n) is 4.07. The Hall–Kier alpha value is -2.09. The van der Waals surface area contributed by atoms with Gasteiger partial charge in [-0.2, -0.15) is 0 Å². The lowest BCUT2D eigenvalue weighted by molar-refractivity contribution is 0.0796. The average Bonchev–Trinajstić information content (AvgIpc) is 2.61. The lowest BCUT2D eigenvalue weighted by Crippen LogP contribution is -2.33. The molecule has 0 aliphatic rings. The van der Waals surface area contributed by atoms with Crippen LogP contribution in [0.15, 0.2) is 47.4 Å². The molecule has 0 fully saturated rings. The molecule has 0 heterocycles. The Bertz CT molecular complexity index is 884. The number of aryl methyl sites for hydroxylation is 2. The molecular weight excluding hydrogens is 386 g/mol. The predicted octanol–water partition coefficient (Wildman–Crippen LogP) is 2.82. The van der Waals surface area contributed by atoms with Gasteiger partial charge in [-0.15, -0.1) is 12.4 Å². The summed E-state index contributed by atoms with van der Waals surface area (Å²) in [4.78, 5) is 14.2. The van der Waals surface area contributed by atoms with Gasteiger partial charge >= 0.3 is 0 Å². The molecule has 27 heavy (non-hydrogen) atoms. The van der Waals surface area contributed by atoms with E-state index in [1.54, 1.807) is 43.1 Å². The first-order valence-electron chi connectivity index (χ1n) is 8.35. The molecule has 0 aliphatic heterocycles. The molecule has 2 rings (SSSR count). The molecule has 0 bridgehead atoms. The number of anilines is 1. The van der Waals surface area contributed by atoms with Gasteiger partial charge in [0.05, 0.1) is 4.90 Å². The van der Waals surface area contributed by atoms with Crippen molar-refractivity contribution < 1.29 is 13.2 Å². The third-order valence-corrected chi connectivity index (χ3v) is 5.60. The second kappa shape index (κ2) is 9.73. The van der Waals surface area contributed by atoms with Crippen molar-refractivity contribution in [3.05, 3.63) is 59.2 Å². The van der Waals surface area contributed by atoms with Crippen LogP contribution >= 0.6 is 12.4 Å². The molecule has 0 atom stereocenters. The number of likely N-dealkylation sites (N-methyl/N-ethyl adjacent to an activating group) is 2. The number of sulfonamides is 1. The zero-order valence-electron chi connectivity index (χ0n) is 15.9. The van der Waals surface area contributed by atoms with Gasteiger partial charge in [-0.1, -0.05) is 23.8 Å². The van der Waals surface area contributed by atoms with Gasteiger partial charge in [-0.25, -0.2) is 8.42 Å². The molecule has 1 amide bonds.